The summed E-state index contributed by atoms with van der Waals surface area (Å²) >= 11 is 0. The van der Waals surface area contributed by atoms with Crippen LogP contribution in [0.2, 0.25) is 0 Å². The molecule has 0 unspecified atom stereocenters. The van der Waals surface area contributed by atoms with Gasteiger partial charge >= 0.3 is 0 Å². The topological polar surface area (TPSA) is 62.3 Å². The Morgan fingerprint density at radius 3 is 2.79 bits per heavy atom. The van der Waals surface area contributed by atoms with E-state index in [1.165, 1.54) is 17.6 Å². The van der Waals surface area contributed by atoms with Gasteiger partial charge in [-0.15, -0.1) is 12.4 Å². The summed E-state index contributed by atoms with van der Waals surface area (Å²) in [4.78, 5) is 11.6. The molecule has 0 saturated heterocycles. The summed E-state index contributed by atoms with van der Waals surface area (Å²) in [6.45, 7) is 7.59. The van der Waals surface area contributed by atoms with Crippen LogP contribution in [0, 0.1) is 6.92 Å². The normalized spacial score (nSPS) is 13.6. The molecule has 2 N–H and O–H groups in total. The number of benzene rings is 2. The first-order valence-electron chi connectivity index (χ1n) is 11.2. The molecule has 0 fully saturated rings. The second kappa shape index (κ2) is 11.7. The van der Waals surface area contributed by atoms with Crippen LogP contribution < -0.4 is 15.4 Å². The third-order valence-corrected chi connectivity index (χ3v) is 5.62. The Bertz CT molecular complexity index is 1100. The predicted molar refractivity (Wildman–Crippen MR) is 139 cm³/mol. The summed E-state index contributed by atoms with van der Waals surface area (Å²) in [5.41, 5.74) is 5.68. The van der Waals surface area contributed by atoms with E-state index in [0.29, 0.717) is 5.95 Å². The first-order chi connectivity index (χ1) is 15.6. The number of rotatable bonds is 8. The minimum absolute atomic E-state index is 0. The number of methoxy groups -OCH3 is 1. The van der Waals surface area contributed by atoms with Crippen molar-refractivity contribution in [3.63, 3.8) is 0 Å². The lowest BCUT2D eigenvalue weighted by Crippen LogP contribution is -2.30. The first-order valence-corrected chi connectivity index (χ1v) is 11.2. The fraction of sp³-hybridized carbons (Fsp3) is 0.308. The first kappa shape index (κ1) is 24.6. The maximum Gasteiger partial charge on any atom is 0.229 e. The molecule has 2 heterocycles. The monoisotopic (exact) mass is 465 g/mol. The van der Waals surface area contributed by atoms with Gasteiger partial charge in [0.1, 0.15) is 11.6 Å². The van der Waals surface area contributed by atoms with Gasteiger partial charge in [0.15, 0.2) is 0 Å². The minimum Gasteiger partial charge on any atom is -0.497 e. The fourth-order valence-electron chi connectivity index (χ4n) is 3.94. The molecule has 0 spiro atoms. The van der Waals surface area contributed by atoms with Crippen LogP contribution in [0.15, 0.2) is 60.8 Å². The Labute approximate surface area is 202 Å². The predicted octanol–water partition coefficient (Wildman–Crippen LogP) is 6.20. The van der Waals surface area contributed by atoms with Crippen molar-refractivity contribution >= 4 is 41.1 Å². The van der Waals surface area contributed by atoms with E-state index in [-0.39, 0.29) is 12.4 Å². The molecular weight excluding hydrogens is 434 g/mol. The van der Waals surface area contributed by atoms with Crippen LogP contribution in [-0.4, -0.2) is 41.6 Å². The van der Waals surface area contributed by atoms with Crippen LogP contribution in [0.3, 0.4) is 0 Å². The molecule has 1 aliphatic heterocycles. The van der Waals surface area contributed by atoms with Gasteiger partial charge in [-0.25, -0.2) is 4.98 Å². The average Bonchev–Trinajstić information content (AvgIpc) is 2.81. The molecule has 0 bridgehead atoms. The quantitative estimate of drug-likeness (QED) is 0.413. The van der Waals surface area contributed by atoms with Gasteiger partial charge in [0.2, 0.25) is 5.95 Å². The largest absolute Gasteiger partial charge is 0.497 e. The summed E-state index contributed by atoms with van der Waals surface area (Å²) in [5.74, 6) is 2.08. The van der Waals surface area contributed by atoms with E-state index in [0.717, 1.165) is 54.6 Å². The number of aryl methyl sites for hydroxylation is 1. The molecule has 3 aromatic rings. The van der Waals surface area contributed by atoms with E-state index in [9.17, 15) is 0 Å². The van der Waals surface area contributed by atoms with Crippen LogP contribution >= 0.6 is 12.4 Å². The van der Waals surface area contributed by atoms with Crippen LogP contribution in [0.25, 0.3) is 5.57 Å². The van der Waals surface area contributed by atoms with Gasteiger partial charge in [-0.2, -0.15) is 4.98 Å². The Kier molecular flexibility index (Phi) is 8.69. The molecule has 0 amide bonds. The van der Waals surface area contributed by atoms with Crippen molar-refractivity contribution in [2.75, 3.05) is 37.4 Å². The molecule has 1 aliphatic rings. The zero-order valence-corrected chi connectivity index (χ0v) is 20.3. The summed E-state index contributed by atoms with van der Waals surface area (Å²) in [6, 6.07) is 16.3. The number of halogens is 1. The highest BCUT2D eigenvalue weighted by Crippen LogP contribution is 2.27. The van der Waals surface area contributed by atoms with Crippen LogP contribution in [0.4, 0.5) is 23.1 Å². The summed E-state index contributed by atoms with van der Waals surface area (Å²) in [5, 5.41) is 6.72. The third kappa shape index (κ3) is 6.46. The highest BCUT2D eigenvalue weighted by Gasteiger charge is 2.13. The number of ether oxygens (including phenoxy) is 1. The lowest BCUT2D eigenvalue weighted by Gasteiger charge is -2.27. The molecule has 33 heavy (non-hydrogen) atoms. The van der Waals surface area contributed by atoms with E-state index >= 15 is 0 Å². The van der Waals surface area contributed by atoms with Gasteiger partial charge in [0, 0.05) is 36.7 Å². The van der Waals surface area contributed by atoms with Crippen molar-refractivity contribution in [3.05, 3.63) is 71.9 Å². The van der Waals surface area contributed by atoms with Gasteiger partial charge in [-0.05, 0) is 67.3 Å². The molecule has 1 aromatic heterocycles. The molecule has 0 aliphatic carbocycles. The Hall–Kier alpha value is -3.09. The van der Waals surface area contributed by atoms with Crippen molar-refractivity contribution in [1.29, 1.82) is 0 Å². The van der Waals surface area contributed by atoms with Gasteiger partial charge < -0.3 is 15.4 Å². The molecule has 0 atom stereocenters. The standard InChI is InChI=1S/C26H31N5O.ClH/c1-4-14-31-15-6-8-21(18-31)20-7-5-9-22(16-20)28-26-27-13-12-25(30-26)29-24-17-23(32-3)11-10-19(24)2;/h5,7-13,16-17H,4,6,14-15,18H2,1-3H3,(H2,27,28,29,30);1H. The number of hydrogen-bond donors (Lipinski definition) is 2. The van der Waals surface area contributed by atoms with E-state index in [1.54, 1.807) is 13.3 Å². The lowest BCUT2D eigenvalue weighted by atomic mass is 10.0. The van der Waals surface area contributed by atoms with Crippen molar-refractivity contribution < 1.29 is 4.74 Å². The van der Waals surface area contributed by atoms with E-state index in [4.69, 9.17) is 4.74 Å². The summed E-state index contributed by atoms with van der Waals surface area (Å²) in [7, 11) is 1.67. The smallest absolute Gasteiger partial charge is 0.229 e. The minimum atomic E-state index is 0. The zero-order valence-electron chi connectivity index (χ0n) is 19.5. The van der Waals surface area contributed by atoms with E-state index in [2.05, 4.69) is 63.6 Å². The molecule has 2 aromatic carbocycles. The van der Waals surface area contributed by atoms with E-state index in [1.807, 2.05) is 30.3 Å². The summed E-state index contributed by atoms with van der Waals surface area (Å²) < 4.78 is 5.34. The van der Waals surface area contributed by atoms with Crippen molar-refractivity contribution in [2.24, 2.45) is 0 Å². The molecule has 0 radical (unpaired) electrons. The van der Waals surface area contributed by atoms with E-state index < -0.39 is 0 Å². The molecule has 4 rings (SSSR count). The number of anilines is 4. The average molecular weight is 466 g/mol. The maximum atomic E-state index is 5.34. The van der Waals surface area contributed by atoms with Crippen LogP contribution in [-0.2, 0) is 0 Å². The zero-order chi connectivity index (χ0) is 22.3. The number of nitrogens with zero attached hydrogens (tertiary/aromatic N) is 3. The van der Waals surface area contributed by atoms with Gasteiger partial charge in [0.25, 0.3) is 0 Å². The SMILES string of the molecule is CCCN1CCC=C(c2cccc(Nc3nccc(Nc4cc(OC)ccc4C)n3)c2)C1.Cl. The molecule has 6 nitrogen and oxygen atoms in total. The molecule has 174 valence electrons. The number of nitrogens with one attached hydrogen (secondary N) is 2. The number of hydrogen-bond acceptors (Lipinski definition) is 6. The highest BCUT2D eigenvalue weighted by atomic mass is 35.5. The van der Waals surface area contributed by atoms with Gasteiger partial charge in [-0.3, -0.25) is 4.90 Å². The van der Waals surface area contributed by atoms with Crippen molar-refractivity contribution in [3.8, 4) is 5.75 Å². The second-order valence-corrected chi connectivity index (χ2v) is 8.07. The molecule has 7 heteroatoms. The second-order valence-electron chi connectivity index (χ2n) is 8.07. The van der Waals surface area contributed by atoms with Crippen molar-refractivity contribution in [1.82, 2.24) is 14.9 Å². The van der Waals surface area contributed by atoms with Crippen LogP contribution in [0.1, 0.15) is 30.9 Å². The van der Waals surface area contributed by atoms with Crippen molar-refractivity contribution in [2.45, 2.75) is 26.7 Å². The fourth-order valence-corrected chi connectivity index (χ4v) is 3.94. The van der Waals surface area contributed by atoms with Gasteiger partial charge in [-0.1, -0.05) is 31.2 Å². The Morgan fingerprint density at radius 1 is 1.09 bits per heavy atom. The maximum absolute atomic E-state index is 5.34. The molecule has 0 saturated carbocycles. The molecular formula is C26H32ClN5O. The summed E-state index contributed by atoms with van der Waals surface area (Å²) in [6.07, 6.45) is 6.41. The Morgan fingerprint density at radius 2 is 1.97 bits per heavy atom. The lowest BCUT2D eigenvalue weighted by molar-refractivity contribution is 0.305. The highest BCUT2D eigenvalue weighted by molar-refractivity contribution is 5.85. The third-order valence-electron chi connectivity index (χ3n) is 5.62. The van der Waals surface area contributed by atoms with Gasteiger partial charge in [0.05, 0.1) is 7.11 Å². The number of aromatic nitrogens is 2. The van der Waals surface area contributed by atoms with Crippen LogP contribution in [0.5, 0.6) is 5.75 Å². The Balaban J connectivity index is 0.00000306.